The first-order valence-corrected chi connectivity index (χ1v) is 11.8. The van der Waals surface area contributed by atoms with Gasteiger partial charge >= 0.3 is 0 Å². The summed E-state index contributed by atoms with van der Waals surface area (Å²) >= 11 is 13.4. The minimum Gasteiger partial charge on any atom is -0.355 e. The molecule has 1 amide bonds. The molecule has 0 unspecified atom stereocenters. The van der Waals surface area contributed by atoms with E-state index < -0.39 is 15.9 Å². The van der Waals surface area contributed by atoms with Gasteiger partial charge in [-0.2, -0.15) is 9.40 Å². The van der Waals surface area contributed by atoms with Crippen LogP contribution >= 0.6 is 35.0 Å². The van der Waals surface area contributed by atoms with Gasteiger partial charge in [-0.1, -0.05) is 35.0 Å². The van der Waals surface area contributed by atoms with Crippen molar-refractivity contribution in [3.63, 3.8) is 0 Å². The Morgan fingerprint density at radius 2 is 2.21 bits per heavy atom. The first-order chi connectivity index (χ1) is 13.4. The summed E-state index contributed by atoms with van der Waals surface area (Å²) in [5.74, 6) is 0.0698. The maximum absolute atomic E-state index is 13.0. The predicted molar refractivity (Wildman–Crippen MR) is 108 cm³/mol. The van der Waals surface area contributed by atoms with E-state index in [1.807, 2.05) is 0 Å². The average Bonchev–Trinajstić information content (AvgIpc) is 3.20. The summed E-state index contributed by atoms with van der Waals surface area (Å²) in [6, 6.07) is 4.33. The molecule has 0 saturated carbocycles. The zero-order valence-corrected chi connectivity index (χ0v) is 17.9. The number of hydrogen-bond donors (Lipinski definition) is 2. The maximum Gasteiger partial charge on any atom is 0.244 e. The topological polar surface area (TPSA) is 108 Å². The van der Waals surface area contributed by atoms with Crippen LogP contribution in [0.2, 0.25) is 10.0 Å². The zero-order valence-electron chi connectivity index (χ0n) is 14.8. The van der Waals surface area contributed by atoms with E-state index >= 15 is 0 Å². The molecule has 1 aliphatic rings. The Morgan fingerprint density at radius 1 is 1.39 bits per heavy atom. The second-order valence-corrected chi connectivity index (χ2v) is 10.0. The lowest BCUT2D eigenvalue weighted by Crippen LogP contribution is -2.45. The molecular weight excluding hydrogens is 445 g/mol. The standard InChI is InChI=1S/C16H19Cl2N5O3S2/c17-12-3-4-13(18)14(8-12)28(25,26)23-6-1-2-11(9-23)15(24)19-5-7-27-16-20-10-21-22-16/h3-4,8,10-11H,1-2,5-7,9H2,(H,19,24)(H,20,21,22)/t11-/m1/s1. The van der Waals surface area contributed by atoms with Gasteiger partial charge in [0, 0.05) is 30.4 Å². The Morgan fingerprint density at radius 3 is 2.96 bits per heavy atom. The van der Waals surface area contributed by atoms with E-state index in [1.165, 1.54) is 40.6 Å². The van der Waals surface area contributed by atoms with Crippen LogP contribution in [0.4, 0.5) is 0 Å². The van der Waals surface area contributed by atoms with Crippen LogP contribution in [-0.4, -0.2) is 59.2 Å². The number of nitrogens with one attached hydrogen (secondary N) is 2. The molecule has 152 valence electrons. The molecular formula is C16H19Cl2N5O3S2. The summed E-state index contributed by atoms with van der Waals surface area (Å²) in [5.41, 5.74) is 0. The second kappa shape index (κ2) is 9.45. The smallest absolute Gasteiger partial charge is 0.244 e. The van der Waals surface area contributed by atoms with Crippen LogP contribution < -0.4 is 5.32 Å². The quantitative estimate of drug-likeness (QED) is 0.482. The molecule has 2 N–H and O–H groups in total. The summed E-state index contributed by atoms with van der Waals surface area (Å²) in [6.45, 7) is 0.913. The molecule has 0 radical (unpaired) electrons. The molecule has 1 saturated heterocycles. The van der Waals surface area contributed by atoms with E-state index in [4.69, 9.17) is 23.2 Å². The third-order valence-electron chi connectivity index (χ3n) is 4.30. The minimum absolute atomic E-state index is 0.0359. The summed E-state index contributed by atoms with van der Waals surface area (Å²) in [4.78, 5) is 16.4. The third kappa shape index (κ3) is 5.18. The van der Waals surface area contributed by atoms with Crippen LogP contribution in [0.5, 0.6) is 0 Å². The van der Waals surface area contributed by atoms with Gasteiger partial charge in [-0.05, 0) is 31.0 Å². The number of thioether (sulfide) groups is 1. The largest absolute Gasteiger partial charge is 0.355 e. The highest BCUT2D eigenvalue weighted by Crippen LogP contribution is 2.30. The highest BCUT2D eigenvalue weighted by atomic mass is 35.5. The number of H-pyrrole nitrogens is 1. The van der Waals surface area contributed by atoms with Gasteiger partial charge in [0.15, 0.2) is 5.16 Å². The number of aromatic amines is 1. The van der Waals surface area contributed by atoms with Crippen LogP contribution in [0.15, 0.2) is 34.6 Å². The molecule has 1 atom stereocenters. The molecule has 0 spiro atoms. The fourth-order valence-electron chi connectivity index (χ4n) is 2.92. The van der Waals surface area contributed by atoms with E-state index in [0.717, 1.165) is 0 Å². The molecule has 2 heterocycles. The summed E-state index contributed by atoms with van der Waals surface area (Å²) in [7, 11) is -3.82. The lowest BCUT2D eigenvalue weighted by Gasteiger charge is -2.31. The minimum atomic E-state index is -3.82. The van der Waals surface area contributed by atoms with E-state index in [-0.39, 0.29) is 22.4 Å². The fraction of sp³-hybridized carbons (Fsp3) is 0.438. The number of halogens is 2. The number of hydrogen-bond acceptors (Lipinski definition) is 6. The average molecular weight is 464 g/mol. The lowest BCUT2D eigenvalue weighted by molar-refractivity contribution is -0.125. The number of carbonyl (C=O) groups is 1. The number of benzene rings is 1. The van der Waals surface area contributed by atoms with Gasteiger partial charge in [-0.3, -0.25) is 9.89 Å². The molecule has 0 bridgehead atoms. The first kappa shape index (κ1) is 21.4. The molecule has 1 fully saturated rings. The molecule has 1 aliphatic heterocycles. The van der Waals surface area contributed by atoms with Crippen molar-refractivity contribution in [2.24, 2.45) is 5.92 Å². The zero-order chi connectivity index (χ0) is 20.1. The second-order valence-electron chi connectivity index (χ2n) is 6.21. The van der Waals surface area contributed by atoms with Gasteiger partial charge in [0.25, 0.3) is 0 Å². The molecule has 3 rings (SSSR count). The number of rotatable bonds is 7. The summed E-state index contributed by atoms with van der Waals surface area (Å²) in [5, 5.41) is 10.4. The van der Waals surface area contributed by atoms with Crippen molar-refractivity contribution in [1.29, 1.82) is 0 Å². The van der Waals surface area contributed by atoms with Crippen LogP contribution in [-0.2, 0) is 14.8 Å². The Hall–Kier alpha value is -1.33. The van der Waals surface area contributed by atoms with Gasteiger partial charge in [0.05, 0.1) is 10.9 Å². The fourth-order valence-corrected chi connectivity index (χ4v) is 5.82. The van der Waals surface area contributed by atoms with Crippen LogP contribution in [0.25, 0.3) is 0 Å². The van der Waals surface area contributed by atoms with Gasteiger partial charge in [-0.25, -0.2) is 13.4 Å². The van der Waals surface area contributed by atoms with Crippen molar-refractivity contribution >= 4 is 50.9 Å². The van der Waals surface area contributed by atoms with E-state index in [1.54, 1.807) is 0 Å². The molecule has 1 aromatic carbocycles. The molecule has 2 aromatic rings. The van der Waals surface area contributed by atoms with E-state index in [2.05, 4.69) is 20.5 Å². The molecule has 1 aromatic heterocycles. The van der Waals surface area contributed by atoms with Crippen molar-refractivity contribution < 1.29 is 13.2 Å². The predicted octanol–water partition coefficient (Wildman–Crippen LogP) is 2.42. The van der Waals surface area contributed by atoms with Crippen molar-refractivity contribution in [2.75, 3.05) is 25.4 Å². The third-order valence-corrected chi connectivity index (χ3v) is 7.76. The van der Waals surface area contributed by atoms with Crippen molar-refractivity contribution in [3.8, 4) is 0 Å². The highest BCUT2D eigenvalue weighted by molar-refractivity contribution is 7.99. The van der Waals surface area contributed by atoms with Gasteiger partial charge in [-0.15, -0.1) is 0 Å². The lowest BCUT2D eigenvalue weighted by atomic mass is 9.99. The molecule has 8 nitrogen and oxygen atoms in total. The number of nitrogens with zero attached hydrogens (tertiary/aromatic N) is 3. The number of aromatic nitrogens is 3. The Bertz CT molecular complexity index is 924. The van der Waals surface area contributed by atoms with Gasteiger partial charge < -0.3 is 5.32 Å². The molecule has 0 aliphatic carbocycles. The van der Waals surface area contributed by atoms with Gasteiger partial charge in [0.1, 0.15) is 11.2 Å². The number of sulfonamides is 1. The van der Waals surface area contributed by atoms with E-state index in [9.17, 15) is 13.2 Å². The van der Waals surface area contributed by atoms with Gasteiger partial charge in [0.2, 0.25) is 15.9 Å². The number of carbonyl (C=O) groups excluding carboxylic acids is 1. The normalized spacial score (nSPS) is 18.1. The number of amides is 1. The monoisotopic (exact) mass is 463 g/mol. The summed E-state index contributed by atoms with van der Waals surface area (Å²) < 4.78 is 27.2. The first-order valence-electron chi connectivity index (χ1n) is 8.59. The van der Waals surface area contributed by atoms with Crippen LogP contribution in [0, 0.1) is 5.92 Å². The molecule has 12 heteroatoms. The SMILES string of the molecule is O=C(NCCSc1ncn[nH]1)[C@@H]1CCCN(S(=O)(=O)c2cc(Cl)ccc2Cl)C1. The molecule has 28 heavy (non-hydrogen) atoms. The van der Waals surface area contributed by atoms with Crippen LogP contribution in [0.1, 0.15) is 12.8 Å². The maximum atomic E-state index is 13.0. The highest BCUT2D eigenvalue weighted by Gasteiger charge is 2.34. The van der Waals surface area contributed by atoms with Crippen LogP contribution in [0.3, 0.4) is 0 Å². The Kier molecular flexibility index (Phi) is 7.21. The van der Waals surface area contributed by atoms with E-state index in [0.29, 0.717) is 41.9 Å². The number of piperidine rings is 1. The van der Waals surface area contributed by atoms with Crippen molar-refractivity contribution in [2.45, 2.75) is 22.9 Å². The van der Waals surface area contributed by atoms with Crippen molar-refractivity contribution in [3.05, 3.63) is 34.6 Å². The van der Waals surface area contributed by atoms with Crippen molar-refractivity contribution in [1.82, 2.24) is 24.8 Å². The Labute approximate surface area is 177 Å². The Balaban J connectivity index is 1.58. The summed E-state index contributed by atoms with van der Waals surface area (Å²) in [6.07, 6.45) is 2.66.